The molecule has 1 unspecified atom stereocenters. The van der Waals surface area contributed by atoms with Crippen LogP contribution in [-0.4, -0.2) is 36.6 Å². The molecule has 0 bridgehead atoms. The van der Waals surface area contributed by atoms with Crippen LogP contribution in [0.2, 0.25) is 0 Å². The third-order valence-corrected chi connectivity index (χ3v) is 4.56. The monoisotopic (exact) mass is 345 g/mol. The number of nitrogens with zero attached hydrogens (tertiary/aromatic N) is 3. The summed E-state index contributed by atoms with van der Waals surface area (Å²) < 4.78 is 0. The quantitative estimate of drug-likeness (QED) is 0.559. The average molecular weight is 346 g/mol. The zero-order valence-electron chi connectivity index (χ0n) is 16.4. The van der Waals surface area contributed by atoms with Gasteiger partial charge in [0.25, 0.3) is 0 Å². The second kappa shape index (κ2) is 10.3. The van der Waals surface area contributed by atoms with E-state index in [1.165, 1.54) is 19.3 Å². The number of hydrogen-bond acceptors (Lipinski definition) is 3. The zero-order valence-corrected chi connectivity index (χ0v) is 16.4. The van der Waals surface area contributed by atoms with E-state index in [0.717, 1.165) is 49.3 Å². The van der Waals surface area contributed by atoms with Gasteiger partial charge < -0.3 is 15.5 Å². The van der Waals surface area contributed by atoms with Gasteiger partial charge in [-0.25, -0.2) is 9.98 Å². The smallest absolute Gasteiger partial charge is 0.191 e. The molecule has 5 heteroatoms. The molecule has 0 saturated carbocycles. The molecule has 2 N–H and O–H groups in total. The lowest BCUT2D eigenvalue weighted by Gasteiger charge is -2.19. The van der Waals surface area contributed by atoms with E-state index in [4.69, 9.17) is 4.99 Å². The molecule has 2 rings (SSSR count). The van der Waals surface area contributed by atoms with Gasteiger partial charge in [-0.05, 0) is 57.1 Å². The van der Waals surface area contributed by atoms with Gasteiger partial charge in [0.05, 0.1) is 6.54 Å². The SMILES string of the molecule is CCNC(=NCc1ccc(N2CCCC2)nc1)NC(C)CCC(C)C. The van der Waals surface area contributed by atoms with Crippen molar-refractivity contribution in [1.29, 1.82) is 0 Å². The van der Waals surface area contributed by atoms with Crippen LogP contribution in [0.4, 0.5) is 5.82 Å². The van der Waals surface area contributed by atoms with Crippen molar-refractivity contribution >= 4 is 11.8 Å². The van der Waals surface area contributed by atoms with Crippen molar-refractivity contribution in [1.82, 2.24) is 15.6 Å². The topological polar surface area (TPSA) is 52.6 Å². The molecule has 0 spiro atoms. The Morgan fingerprint density at radius 2 is 1.96 bits per heavy atom. The van der Waals surface area contributed by atoms with Gasteiger partial charge in [0, 0.05) is 31.9 Å². The van der Waals surface area contributed by atoms with E-state index >= 15 is 0 Å². The van der Waals surface area contributed by atoms with Crippen molar-refractivity contribution in [3.05, 3.63) is 23.9 Å². The molecule has 0 radical (unpaired) electrons. The third-order valence-electron chi connectivity index (χ3n) is 4.56. The van der Waals surface area contributed by atoms with Gasteiger partial charge in [-0.1, -0.05) is 19.9 Å². The van der Waals surface area contributed by atoms with Crippen LogP contribution in [0.1, 0.15) is 58.9 Å². The van der Waals surface area contributed by atoms with Crippen LogP contribution < -0.4 is 15.5 Å². The molecule has 1 aromatic heterocycles. The van der Waals surface area contributed by atoms with E-state index in [1.54, 1.807) is 0 Å². The molecule has 1 aromatic rings. The summed E-state index contributed by atoms with van der Waals surface area (Å²) in [4.78, 5) is 11.7. The minimum atomic E-state index is 0.427. The Labute approximate surface area is 153 Å². The average Bonchev–Trinajstić information content (AvgIpc) is 3.13. The van der Waals surface area contributed by atoms with Crippen molar-refractivity contribution in [2.45, 2.75) is 66.0 Å². The molecule has 140 valence electrons. The minimum absolute atomic E-state index is 0.427. The number of aromatic nitrogens is 1. The number of pyridine rings is 1. The molecule has 0 aromatic carbocycles. The second-order valence-electron chi connectivity index (χ2n) is 7.43. The Morgan fingerprint density at radius 1 is 1.20 bits per heavy atom. The Morgan fingerprint density at radius 3 is 2.56 bits per heavy atom. The fourth-order valence-electron chi connectivity index (χ4n) is 3.02. The first-order chi connectivity index (χ1) is 12.1. The van der Waals surface area contributed by atoms with Crippen molar-refractivity contribution in [3.63, 3.8) is 0 Å². The predicted octanol–water partition coefficient (Wildman–Crippen LogP) is 3.56. The summed E-state index contributed by atoms with van der Waals surface area (Å²) in [5, 5.41) is 6.85. The first-order valence-corrected chi connectivity index (χ1v) is 9.83. The Bertz CT molecular complexity index is 517. The van der Waals surface area contributed by atoms with Crippen molar-refractivity contribution in [2.24, 2.45) is 10.9 Å². The molecule has 1 fully saturated rings. The molecule has 1 atom stereocenters. The van der Waals surface area contributed by atoms with Crippen molar-refractivity contribution in [2.75, 3.05) is 24.5 Å². The summed E-state index contributed by atoms with van der Waals surface area (Å²) in [6, 6.07) is 4.70. The second-order valence-corrected chi connectivity index (χ2v) is 7.43. The lowest BCUT2D eigenvalue weighted by atomic mass is 10.0. The van der Waals surface area contributed by atoms with E-state index < -0.39 is 0 Å². The first kappa shape index (κ1) is 19.5. The van der Waals surface area contributed by atoms with Crippen LogP contribution in [-0.2, 0) is 6.54 Å². The van der Waals surface area contributed by atoms with Gasteiger partial charge in [0.1, 0.15) is 5.82 Å². The zero-order chi connectivity index (χ0) is 18.1. The fraction of sp³-hybridized carbons (Fsp3) is 0.700. The van der Waals surface area contributed by atoms with Gasteiger partial charge >= 0.3 is 0 Å². The molecule has 5 nitrogen and oxygen atoms in total. The van der Waals surface area contributed by atoms with Gasteiger partial charge in [-0.15, -0.1) is 0 Å². The molecular weight excluding hydrogens is 310 g/mol. The fourth-order valence-corrected chi connectivity index (χ4v) is 3.02. The highest BCUT2D eigenvalue weighted by atomic mass is 15.2. The van der Waals surface area contributed by atoms with Crippen LogP contribution in [0.15, 0.2) is 23.3 Å². The number of guanidine groups is 1. The van der Waals surface area contributed by atoms with E-state index in [-0.39, 0.29) is 0 Å². The number of nitrogens with one attached hydrogen (secondary N) is 2. The van der Waals surface area contributed by atoms with E-state index in [9.17, 15) is 0 Å². The summed E-state index contributed by atoms with van der Waals surface area (Å²) >= 11 is 0. The Balaban J connectivity index is 1.88. The normalized spacial score (nSPS) is 16.4. The van der Waals surface area contributed by atoms with E-state index in [0.29, 0.717) is 12.6 Å². The van der Waals surface area contributed by atoms with Crippen LogP contribution in [0.3, 0.4) is 0 Å². The summed E-state index contributed by atoms with van der Waals surface area (Å²) in [6.45, 7) is 12.6. The number of hydrogen-bond donors (Lipinski definition) is 2. The molecule has 0 amide bonds. The predicted molar refractivity (Wildman–Crippen MR) is 107 cm³/mol. The van der Waals surface area contributed by atoms with Crippen LogP contribution >= 0.6 is 0 Å². The van der Waals surface area contributed by atoms with Gasteiger partial charge in [0.2, 0.25) is 0 Å². The molecule has 1 aliphatic heterocycles. The Kier molecular flexibility index (Phi) is 8.02. The lowest BCUT2D eigenvalue weighted by molar-refractivity contribution is 0.489. The maximum absolute atomic E-state index is 4.72. The molecule has 1 saturated heterocycles. The Hall–Kier alpha value is -1.78. The molecule has 2 heterocycles. The summed E-state index contributed by atoms with van der Waals surface area (Å²) in [5.41, 5.74) is 1.15. The first-order valence-electron chi connectivity index (χ1n) is 9.83. The van der Waals surface area contributed by atoms with Gasteiger partial charge in [-0.2, -0.15) is 0 Å². The number of anilines is 1. The minimum Gasteiger partial charge on any atom is -0.357 e. The highest BCUT2D eigenvalue weighted by Gasteiger charge is 2.13. The number of aliphatic imine (C=N–C) groups is 1. The third kappa shape index (κ3) is 6.92. The van der Waals surface area contributed by atoms with Crippen LogP contribution in [0.25, 0.3) is 0 Å². The van der Waals surface area contributed by atoms with E-state index in [2.05, 4.69) is 60.3 Å². The van der Waals surface area contributed by atoms with Crippen LogP contribution in [0, 0.1) is 5.92 Å². The van der Waals surface area contributed by atoms with E-state index in [1.807, 2.05) is 6.20 Å². The molecule has 25 heavy (non-hydrogen) atoms. The number of rotatable bonds is 8. The molecule has 1 aliphatic rings. The van der Waals surface area contributed by atoms with Crippen molar-refractivity contribution in [3.8, 4) is 0 Å². The highest BCUT2D eigenvalue weighted by Crippen LogP contribution is 2.17. The highest BCUT2D eigenvalue weighted by molar-refractivity contribution is 5.80. The van der Waals surface area contributed by atoms with Gasteiger partial charge in [0.15, 0.2) is 5.96 Å². The maximum Gasteiger partial charge on any atom is 0.191 e. The van der Waals surface area contributed by atoms with Crippen molar-refractivity contribution < 1.29 is 0 Å². The molecule has 0 aliphatic carbocycles. The largest absolute Gasteiger partial charge is 0.357 e. The summed E-state index contributed by atoms with van der Waals surface area (Å²) in [7, 11) is 0. The lowest BCUT2D eigenvalue weighted by Crippen LogP contribution is -2.42. The standard InChI is InChI=1S/C20H35N5/c1-5-21-20(24-17(4)9-8-16(2)3)23-15-18-10-11-19(22-14-18)25-12-6-7-13-25/h10-11,14,16-17H,5-9,12-13,15H2,1-4H3,(H2,21,23,24). The van der Waals surface area contributed by atoms with Gasteiger partial charge in [-0.3, -0.25) is 0 Å². The maximum atomic E-state index is 4.72. The summed E-state index contributed by atoms with van der Waals surface area (Å²) in [5.74, 6) is 2.73. The van der Waals surface area contributed by atoms with Crippen LogP contribution in [0.5, 0.6) is 0 Å². The summed E-state index contributed by atoms with van der Waals surface area (Å²) in [6.07, 6.45) is 6.91. The molecular formula is C20H35N5.